The molecule has 1 heteroatoms. The number of ether oxygens (including phenoxy) is 1. The summed E-state index contributed by atoms with van der Waals surface area (Å²) in [6.45, 7) is 7.35. The van der Waals surface area contributed by atoms with Crippen LogP contribution >= 0.6 is 0 Å². The van der Waals surface area contributed by atoms with Crippen LogP contribution in [0.5, 0.6) is 0 Å². The van der Waals surface area contributed by atoms with Crippen LogP contribution in [-0.4, -0.2) is 12.7 Å². The lowest BCUT2D eigenvalue weighted by atomic mass is 9.75. The van der Waals surface area contributed by atoms with E-state index in [-0.39, 0.29) is 0 Å². The van der Waals surface area contributed by atoms with Crippen molar-refractivity contribution in [2.24, 2.45) is 17.8 Å². The normalized spacial score (nSPS) is 32.9. The van der Waals surface area contributed by atoms with Crippen molar-refractivity contribution >= 4 is 0 Å². The first-order valence-electron chi connectivity index (χ1n) is 5.70. The fourth-order valence-electron chi connectivity index (χ4n) is 2.46. The second-order valence-corrected chi connectivity index (χ2v) is 4.88. The van der Waals surface area contributed by atoms with Gasteiger partial charge in [0, 0.05) is 0 Å². The molecule has 1 aliphatic carbocycles. The molecular formula is C13H22O. The fraction of sp³-hybridized carbons (Fsp3) is 0.846. The molecule has 80 valence electrons. The number of hydrogen-bond acceptors (Lipinski definition) is 1. The number of rotatable bonds is 3. The minimum atomic E-state index is 0.398. The SMILES string of the molecule is C#CCO[C@@H]1C[C@H](C)CC[C@H]1C(C)C. The van der Waals surface area contributed by atoms with E-state index in [1.807, 2.05) is 0 Å². The van der Waals surface area contributed by atoms with Gasteiger partial charge in [0.05, 0.1) is 6.10 Å². The van der Waals surface area contributed by atoms with Crippen molar-refractivity contribution in [2.45, 2.75) is 46.1 Å². The van der Waals surface area contributed by atoms with Crippen LogP contribution in [0, 0.1) is 30.1 Å². The summed E-state index contributed by atoms with van der Waals surface area (Å²) in [5.41, 5.74) is 0. The number of hydrogen-bond donors (Lipinski definition) is 0. The first-order chi connectivity index (χ1) is 6.65. The van der Waals surface area contributed by atoms with E-state index in [9.17, 15) is 0 Å². The Morgan fingerprint density at radius 2 is 2.14 bits per heavy atom. The quantitative estimate of drug-likeness (QED) is 0.627. The summed E-state index contributed by atoms with van der Waals surface area (Å²) in [5, 5.41) is 0. The molecule has 14 heavy (non-hydrogen) atoms. The maximum Gasteiger partial charge on any atom is 0.107 e. The minimum absolute atomic E-state index is 0.398. The number of terminal acetylenes is 1. The van der Waals surface area contributed by atoms with E-state index in [1.165, 1.54) is 19.3 Å². The molecule has 0 amide bonds. The van der Waals surface area contributed by atoms with Gasteiger partial charge in [-0.2, -0.15) is 0 Å². The first-order valence-corrected chi connectivity index (χ1v) is 5.70. The van der Waals surface area contributed by atoms with Crippen molar-refractivity contribution in [3.8, 4) is 12.3 Å². The molecule has 0 unspecified atom stereocenters. The standard InChI is InChI=1S/C13H22O/c1-5-8-14-13-9-11(4)6-7-12(13)10(2)3/h1,10-13H,6-9H2,2-4H3/t11-,12+,13-/m1/s1. The van der Waals surface area contributed by atoms with Crippen molar-refractivity contribution in [1.82, 2.24) is 0 Å². The van der Waals surface area contributed by atoms with E-state index in [0.717, 1.165) is 5.92 Å². The van der Waals surface area contributed by atoms with E-state index in [4.69, 9.17) is 11.2 Å². The lowest BCUT2D eigenvalue weighted by Crippen LogP contribution is -2.34. The molecule has 1 aliphatic rings. The van der Waals surface area contributed by atoms with Crippen molar-refractivity contribution in [2.75, 3.05) is 6.61 Å². The largest absolute Gasteiger partial charge is 0.365 e. The van der Waals surface area contributed by atoms with Crippen LogP contribution in [0.1, 0.15) is 40.0 Å². The molecule has 1 nitrogen and oxygen atoms in total. The molecule has 0 radical (unpaired) electrons. The highest BCUT2D eigenvalue weighted by molar-refractivity contribution is 4.86. The van der Waals surface area contributed by atoms with Crippen molar-refractivity contribution in [1.29, 1.82) is 0 Å². The van der Waals surface area contributed by atoms with Gasteiger partial charge in [-0.25, -0.2) is 0 Å². The van der Waals surface area contributed by atoms with Gasteiger partial charge in [0.15, 0.2) is 0 Å². The maximum absolute atomic E-state index is 5.74. The van der Waals surface area contributed by atoms with E-state index < -0.39 is 0 Å². The van der Waals surface area contributed by atoms with E-state index in [1.54, 1.807) is 0 Å². The van der Waals surface area contributed by atoms with Crippen molar-refractivity contribution < 1.29 is 4.74 Å². The molecule has 0 aromatic rings. The highest BCUT2D eigenvalue weighted by Gasteiger charge is 2.30. The molecule has 0 saturated heterocycles. The van der Waals surface area contributed by atoms with Crippen LogP contribution in [-0.2, 0) is 4.74 Å². The molecule has 0 aromatic carbocycles. The third kappa shape index (κ3) is 3.03. The smallest absolute Gasteiger partial charge is 0.107 e. The Morgan fingerprint density at radius 1 is 1.43 bits per heavy atom. The van der Waals surface area contributed by atoms with Crippen molar-refractivity contribution in [3.05, 3.63) is 0 Å². The van der Waals surface area contributed by atoms with Gasteiger partial charge in [-0.15, -0.1) is 6.42 Å². The van der Waals surface area contributed by atoms with E-state index in [0.29, 0.717) is 24.5 Å². The Balaban J connectivity index is 2.50. The summed E-state index contributed by atoms with van der Waals surface area (Å²) in [7, 11) is 0. The third-order valence-electron chi connectivity index (χ3n) is 3.34. The van der Waals surface area contributed by atoms with Crippen LogP contribution in [0.25, 0.3) is 0 Å². The van der Waals surface area contributed by atoms with E-state index in [2.05, 4.69) is 26.7 Å². The second kappa shape index (κ2) is 5.41. The molecule has 0 aliphatic heterocycles. The summed E-state index contributed by atoms with van der Waals surface area (Å²) < 4.78 is 5.74. The lowest BCUT2D eigenvalue weighted by molar-refractivity contribution is -0.0241. The van der Waals surface area contributed by atoms with Crippen LogP contribution in [0.15, 0.2) is 0 Å². The molecule has 1 saturated carbocycles. The van der Waals surface area contributed by atoms with Crippen LogP contribution in [0.2, 0.25) is 0 Å². The maximum atomic E-state index is 5.74. The topological polar surface area (TPSA) is 9.23 Å². The van der Waals surface area contributed by atoms with Gasteiger partial charge in [0.25, 0.3) is 0 Å². The zero-order valence-corrected chi connectivity index (χ0v) is 9.62. The molecule has 0 N–H and O–H groups in total. The van der Waals surface area contributed by atoms with Gasteiger partial charge in [-0.05, 0) is 30.6 Å². The molecule has 0 heterocycles. The van der Waals surface area contributed by atoms with Crippen LogP contribution in [0.3, 0.4) is 0 Å². The summed E-state index contributed by atoms with van der Waals surface area (Å²) in [5.74, 6) is 4.79. The monoisotopic (exact) mass is 194 g/mol. The predicted octanol–water partition coefficient (Wildman–Crippen LogP) is 3.10. The molecule has 3 atom stereocenters. The van der Waals surface area contributed by atoms with Crippen LogP contribution in [0.4, 0.5) is 0 Å². The Bertz CT molecular complexity index is 202. The zero-order chi connectivity index (χ0) is 10.6. The molecule has 0 spiro atoms. The average Bonchev–Trinajstić information content (AvgIpc) is 2.14. The molecule has 1 fully saturated rings. The summed E-state index contributed by atoms with van der Waals surface area (Å²) in [6.07, 6.45) is 9.46. The van der Waals surface area contributed by atoms with Crippen molar-refractivity contribution in [3.63, 3.8) is 0 Å². The second-order valence-electron chi connectivity index (χ2n) is 4.88. The van der Waals surface area contributed by atoms with Gasteiger partial charge >= 0.3 is 0 Å². The minimum Gasteiger partial charge on any atom is -0.365 e. The fourth-order valence-corrected chi connectivity index (χ4v) is 2.46. The highest BCUT2D eigenvalue weighted by atomic mass is 16.5. The summed E-state index contributed by atoms with van der Waals surface area (Å²) in [4.78, 5) is 0. The summed E-state index contributed by atoms with van der Waals surface area (Å²) >= 11 is 0. The Hall–Kier alpha value is -0.480. The molecule has 0 aromatic heterocycles. The van der Waals surface area contributed by atoms with Gasteiger partial charge in [0.1, 0.15) is 6.61 Å². The molecular weight excluding hydrogens is 172 g/mol. The molecule has 0 bridgehead atoms. The highest BCUT2D eigenvalue weighted by Crippen LogP contribution is 2.35. The third-order valence-corrected chi connectivity index (χ3v) is 3.34. The Kier molecular flexibility index (Phi) is 4.48. The average molecular weight is 194 g/mol. The lowest BCUT2D eigenvalue weighted by Gasteiger charge is -2.36. The predicted molar refractivity (Wildman–Crippen MR) is 59.9 cm³/mol. The zero-order valence-electron chi connectivity index (χ0n) is 9.62. The first kappa shape index (κ1) is 11.6. The Labute approximate surface area is 88.2 Å². The van der Waals surface area contributed by atoms with Crippen LogP contribution < -0.4 is 0 Å². The van der Waals surface area contributed by atoms with Gasteiger partial charge in [-0.3, -0.25) is 0 Å². The van der Waals surface area contributed by atoms with Gasteiger partial charge < -0.3 is 4.74 Å². The Morgan fingerprint density at radius 3 is 2.71 bits per heavy atom. The van der Waals surface area contributed by atoms with Gasteiger partial charge in [0.2, 0.25) is 0 Å². The summed E-state index contributed by atoms with van der Waals surface area (Å²) in [6, 6.07) is 0. The van der Waals surface area contributed by atoms with E-state index >= 15 is 0 Å². The van der Waals surface area contributed by atoms with Gasteiger partial charge in [-0.1, -0.05) is 33.1 Å². The molecule has 1 rings (SSSR count).